The molecule has 0 heterocycles. The van der Waals surface area contributed by atoms with Crippen LogP contribution in [0.2, 0.25) is 0 Å². The van der Waals surface area contributed by atoms with Gasteiger partial charge < -0.3 is 6.92 Å². The Morgan fingerprint density at radius 1 is 1.67 bits per heavy atom. The molecule has 0 aromatic rings. The Labute approximate surface area is 63.6 Å². The topological polar surface area (TPSA) is 23.8 Å². The minimum Gasteiger partial charge on any atom is -0.342 e. The van der Waals surface area contributed by atoms with Crippen LogP contribution in [0.25, 0.3) is 0 Å². The fourth-order valence-electron chi connectivity index (χ4n) is 0.0791. The SMILES string of the molecule is [CH2-]CCC#N.[Y]. The fourth-order valence-corrected chi connectivity index (χ4v) is 0.0791. The van der Waals surface area contributed by atoms with Crippen LogP contribution in [0, 0.1) is 18.3 Å². The Balaban J connectivity index is 0. The van der Waals surface area contributed by atoms with Gasteiger partial charge in [0, 0.05) is 39.1 Å². The predicted octanol–water partition coefficient (Wildman–Crippen LogP) is 1.12. The summed E-state index contributed by atoms with van der Waals surface area (Å²) in [4.78, 5) is 0. The summed E-state index contributed by atoms with van der Waals surface area (Å²) in [5.74, 6) is 0. The van der Waals surface area contributed by atoms with Crippen LogP contribution in [0.3, 0.4) is 0 Å². The van der Waals surface area contributed by atoms with E-state index in [9.17, 15) is 0 Å². The molecule has 0 aliphatic rings. The van der Waals surface area contributed by atoms with Gasteiger partial charge in [0.1, 0.15) is 0 Å². The first-order valence-electron chi connectivity index (χ1n) is 1.58. The summed E-state index contributed by atoms with van der Waals surface area (Å²) in [7, 11) is 0. The second-order valence-corrected chi connectivity index (χ2v) is 0.762. The first kappa shape index (κ1) is 9.78. The molecule has 6 heavy (non-hydrogen) atoms. The zero-order valence-electron chi connectivity index (χ0n) is 3.65. The van der Waals surface area contributed by atoms with E-state index in [2.05, 4.69) is 6.92 Å². The van der Waals surface area contributed by atoms with Crippen LogP contribution in [-0.4, -0.2) is 0 Å². The predicted molar refractivity (Wildman–Crippen MR) is 20.2 cm³/mol. The summed E-state index contributed by atoms with van der Waals surface area (Å²) >= 11 is 0. The Morgan fingerprint density at radius 2 is 2.17 bits per heavy atom. The number of hydrogen-bond donors (Lipinski definition) is 0. The third-order valence-corrected chi connectivity index (χ3v) is 0.289. The van der Waals surface area contributed by atoms with Crippen molar-refractivity contribution >= 4 is 0 Å². The third-order valence-electron chi connectivity index (χ3n) is 0.289. The van der Waals surface area contributed by atoms with E-state index in [-0.39, 0.29) is 32.7 Å². The van der Waals surface area contributed by atoms with Gasteiger partial charge >= 0.3 is 0 Å². The second kappa shape index (κ2) is 9.14. The Hall–Kier alpha value is 0.594. The van der Waals surface area contributed by atoms with Crippen molar-refractivity contribution in [3.05, 3.63) is 6.92 Å². The van der Waals surface area contributed by atoms with Crippen molar-refractivity contribution in [1.82, 2.24) is 0 Å². The molecule has 2 heteroatoms. The van der Waals surface area contributed by atoms with E-state index in [4.69, 9.17) is 5.26 Å². The molecular weight excluding hydrogens is 151 g/mol. The van der Waals surface area contributed by atoms with Crippen molar-refractivity contribution in [2.24, 2.45) is 0 Å². The third kappa shape index (κ3) is 8.82. The average Bonchev–Trinajstić information content (AvgIpc) is 1.41. The molecule has 0 spiro atoms. The summed E-state index contributed by atoms with van der Waals surface area (Å²) in [6.07, 6.45) is 1.32. The van der Waals surface area contributed by atoms with Crippen LogP contribution < -0.4 is 0 Å². The first-order chi connectivity index (χ1) is 2.41. The molecule has 0 aromatic carbocycles. The number of nitrogens with zero attached hydrogens (tertiary/aromatic N) is 1. The molecule has 1 nitrogen and oxygen atoms in total. The van der Waals surface area contributed by atoms with E-state index >= 15 is 0 Å². The van der Waals surface area contributed by atoms with Crippen LogP contribution >= 0.6 is 0 Å². The molecule has 0 bridgehead atoms. The van der Waals surface area contributed by atoms with Gasteiger partial charge in [-0.2, -0.15) is 11.7 Å². The van der Waals surface area contributed by atoms with Gasteiger partial charge in [0.25, 0.3) is 0 Å². The Morgan fingerprint density at radius 3 is 2.17 bits per heavy atom. The molecule has 0 aliphatic carbocycles. The van der Waals surface area contributed by atoms with Crippen molar-refractivity contribution < 1.29 is 32.7 Å². The molecule has 31 valence electrons. The van der Waals surface area contributed by atoms with Crippen LogP contribution in [0.15, 0.2) is 0 Å². The molecule has 0 rings (SSSR count). The molecule has 0 N–H and O–H groups in total. The molecule has 0 fully saturated rings. The Kier molecular flexibility index (Phi) is 14.9. The number of rotatable bonds is 1. The van der Waals surface area contributed by atoms with Gasteiger partial charge in [-0.15, -0.1) is 0 Å². The van der Waals surface area contributed by atoms with E-state index in [1.807, 2.05) is 6.07 Å². The maximum absolute atomic E-state index is 7.78. The Bertz CT molecular complexity index is 46.0. The van der Waals surface area contributed by atoms with Crippen molar-refractivity contribution in [3.8, 4) is 6.07 Å². The monoisotopic (exact) mass is 157 g/mol. The van der Waals surface area contributed by atoms with Crippen LogP contribution in [0.5, 0.6) is 0 Å². The van der Waals surface area contributed by atoms with Crippen LogP contribution in [0.1, 0.15) is 12.8 Å². The maximum atomic E-state index is 7.78. The van der Waals surface area contributed by atoms with Crippen molar-refractivity contribution in [3.63, 3.8) is 0 Å². The molecule has 0 aliphatic heterocycles. The summed E-state index contributed by atoms with van der Waals surface area (Å²) < 4.78 is 0. The van der Waals surface area contributed by atoms with Crippen molar-refractivity contribution in [1.29, 1.82) is 5.26 Å². The van der Waals surface area contributed by atoms with Gasteiger partial charge in [0.15, 0.2) is 0 Å². The quantitative estimate of drug-likeness (QED) is 0.523. The molecule has 0 saturated carbocycles. The first-order valence-corrected chi connectivity index (χ1v) is 1.58. The van der Waals surface area contributed by atoms with E-state index < -0.39 is 0 Å². The van der Waals surface area contributed by atoms with E-state index in [1.54, 1.807) is 0 Å². The normalized spacial score (nSPS) is 5.33. The molecule has 0 amide bonds. The van der Waals surface area contributed by atoms with E-state index in [0.29, 0.717) is 6.42 Å². The average molecular weight is 157 g/mol. The summed E-state index contributed by atoms with van der Waals surface area (Å²) in [5, 5.41) is 7.78. The largest absolute Gasteiger partial charge is 0.342 e. The molecule has 0 saturated heterocycles. The van der Waals surface area contributed by atoms with Crippen molar-refractivity contribution in [2.75, 3.05) is 0 Å². The van der Waals surface area contributed by atoms with Gasteiger partial charge in [-0.1, -0.05) is 0 Å². The molecule has 0 atom stereocenters. The maximum Gasteiger partial charge on any atom is 0.0594 e. The standard InChI is InChI=1S/C4H6N.Y/c1-2-3-4-5;/h1-3H2;/q-1;. The van der Waals surface area contributed by atoms with Gasteiger partial charge in [-0.25, -0.2) is 0 Å². The summed E-state index contributed by atoms with van der Waals surface area (Å²) in [6.45, 7) is 3.45. The van der Waals surface area contributed by atoms with Crippen molar-refractivity contribution in [2.45, 2.75) is 12.8 Å². The van der Waals surface area contributed by atoms with E-state index in [0.717, 1.165) is 6.42 Å². The van der Waals surface area contributed by atoms with Gasteiger partial charge in [0.2, 0.25) is 0 Å². The molecule has 0 aromatic heterocycles. The number of hydrogen-bond acceptors (Lipinski definition) is 1. The molecule has 1 radical (unpaired) electrons. The second-order valence-electron chi connectivity index (χ2n) is 0.762. The molecular formula is C4H6NY-. The fraction of sp³-hybridized carbons (Fsp3) is 0.500. The summed E-state index contributed by atoms with van der Waals surface area (Å²) in [5.41, 5.74) is 0. The van der Waals surface area contributed by atoms with Gasteiger partial charge in [-0.3, -0.25) is 0 Å². The minimum atomic E-state index is 0. The minimum absolute atomic E-state index is 0. The van der Waals surface area contributed by atoms with Crippen LogP contribution in [-0.2, 0) is 32.7 Å². The molecule has 0 unspecified atom stereocenters. The van der Waals surface area contributed by atoms with Crippen LogP contribution in [0.4, 0.5) is 0 Å². The summed E-state index contributed by atoms with van der Waals surface area (Å²) in [6, 6.07) is 1.95. The number of nitriles is 1. The van der Waals surface area contributed by atoms with Gasteiger partial charge in [-0.05, 0) is 0 Å². The zero-order chi connectivity index (χ0) is 4.12. The zero-order valence-corrected chi connectivity index (χ0v) is 6.48. The van der Waals surface area contributed by atoms with E-state index in [1.165, 1.54) is 0 Å². The smallest absolute Gasteiger partial charge is 0.0594 e. The number of unbranched alkanes of at least 4 members (excludes halogenated alkanes) is 1. The van der Waals surface area contributed by atoms with Gasteiger partial charge in [0.05, 0.1) is 6.07 Å².